The molecule has 0 radical (unpaired) electrons. The second kappa shape index (κ2) is 1.94. The van der Waals surface area contributed by atoms with E-state index in [1.807, 2.05) is 0 Å². The zero-order valence-corrected chi connectivity index (χ0v) is 5.44. The fraction of sp³-hybridized carbons (Fsp3) is 1.00. The molecule has 0 aromatic carbocycles. The van der Waals surface area contributed by atoms with Crippen molar-refractivity contribution in [2.24, 2.45) is 17.8 Å². The number of alkyl halides is 1. The van der Waals surface area contributed by atoms with Crippen molar-refractivity contribution in [2.75, 3.05) is 19.8 Å². The first-order valence-electron chi connectivity index (χ1n) is 3.70. The summed E-state index contributed by atoms with van der Waals surface area (Å²) in [5.41, 5.74) is 0. The molecule has 52 valence electrons. The summed E-state index contributed by atoms with van der Waals surface area (Å²) in [6.07, 6.45) is 0.816. The average molecular weight is 129 g/mol. The first kappa shape index (κ1) is 5.66. The minimum Gasteiger partial charge on any atom is -0.316 e. The van der Waals surface area contributed by atoms with Gasteiger partial charge in [0.1, 0.15) is 0 Å². The van der Waals surface area contributed by atoms with Gasteiger partial charge in [-0.15, -0.1) is 0 Å². The Balaban J connectivity index is 1.81. The SMILES string of the molecule is FCCC1[C@H]2CNC[C@@H]12. The van der Waals surface area contributed by atoms with Gasteiger partial charge in [-0.2, -0.15) is 0 Å². The lowest BCUT2D eigenvalue weighted by molar-refractivity contribution is 0.425. The Morgan fingerprint density at radius 1 is 1.33 bits per heavy atom. The summed E-state index contributed by atoms with van der Waals surface area (Å²) in [4.78, 5) is 0. The number of hydrogen-bond donors (Lipinski definition) is 1. The molecule has 1 unspecified atom stereocenters. The molecule has 0 bridgehead atoms. The van der Waals surface area contributed by atoms with Crippen LogP contribution in [-0.2, 0) is 0 Å². The van der Waals surface area contributed by atoms with Crippen molar-refractivity contribution in [1.82, 2.24) is 5.32 Å². The van der Waals surface area contributed by atoms with Crippen LogP contribution in [0.15, 0.2) is 0 Å². The zero-order chi connectivity index (χ0) is 6.27. The van der Waals surface area contributed by atoms with Crippen molar-refractivity contribution in [3.05, 3.63) is 0 Å². The maximum absolute atomic E-state index is 11.8. The molecule has 9 heavy (non-hydrogen) atoms. The molecule has 1 saturated heterocycles. The number of piperidine rings is 1. The number of fused-ring (bicyclic) bond motifs is 1. The molecule has 0 aromatic rings. The summed E-state index contributed by atoms with van der Waals surface area (Å²) < 4.78 is 11.8. The van der Waals surface area contributed by atoms with Gasteiger partial charge in [-0.25, -0.2) is 0 Å². The molecule has 0 aromatic heterocycles. The Labute approximate surface area is 54.6 Å². The van der Waals surface area contributed by atoms with E-state index in [0.717, 1.165) is 37.3 Å². The topological polar surface area (TPSA) is 12.0 Å². The minimum atomic E-state index is -0.113. The van der Waals surface area contributed by atoms with Crippen molar-refractivity contribution in [3.8, 4) is 0 Å². The first-order chi connectivity index (χ1) is 4.43. The zero-order valence-electron chi connectivity index (χ0n) is 5.44. The number of rotatable bonds is 2. The molecular formula is C7H12FN. The second-order valence-corrected chi connectivity index (χ2v) is 3.13. The van der Waals surface area contributed by atoms with E-state index in [1.54, 1.807) is 0 Å². The van der Waals surface area contributed by atoms with Gasteiger partial charge in [0.2, 0.25) is 0 Å². The molecule has 1 aliphatic carbocycles. The molecule has 1 nitrogen and oxygen atoms in total. The van der Waals surface area contributed by atoms with E-state index >= 15 is 0 Å². The lowest BCUT2D eigenvalue weighted by Gasteiger charge is -1.98. The van der Waals surface area contributed by atoms with E-state index in [1.165, 1.54) is 0 Å². The molecule has 2 heteroatoms. The Bertz CT molecular complexity index is 105. The Hall–Kier alpha value is -0.110. The van der Waals surface area contributed by atoms with Gasteiger partial charge in [0.05, 0.1) is 6.67 Å². The largest absolute Gasteiger partial charge is 0.316 e. The molecule has 1 heterocycles. The molecule has 2 aliphatic rings. The van der Waals surface area contributed by atoms with E-state index in [4.69, 9.17) is 0 Å². The molecule has 1 aliphatic heterocycles. The lowest BCUT2D eigenvalue weighted by Crippen LogP contribution is -2.14. The highest BCUT2D eigenvalue weighted by Gasteiger charge is 2.51. The molecule has 2 fully saturated rings. The van der Waals surface area contributed by atoms with Crippen LogP contribution in [0.2, 0.25) is 0 Å². The standard InChI is InChI=1S/C7H12FN/c8-2-1-5-6-3-9-4-7(5)6/h5-7,9H,1-4H2/t5?,6-,7+. The molecule has 1 saturated carbocycles. The fourth-order valence-electron chi connectivity index (χ4n) is 2.10. The minimum absolute atomic E-state index is 0.113. The number of hydrogen-bond acceptors (Lipinski definition) is 1. The fourth-order valence-corrected chi connectivity index (χ4v) is 2.10. The number of nitrogens with one attached hydrogen (secondary N) is 1. The molecular weight excluding hydrogens is 117 g/mol. The van der Waals surface area contributed by atoms with Gasteiger partial charge in [0, 0.05) is 0 Å². The van der Waals surface area contributed by atoms with Gasteiger partial charge < -0.3 is 5.32 Å². The Morgan fingerprint density at radius 3 is 2.56 bits per heavy atom. The first-order valence-corrected chi connectivity index (χ1v) is 3.70. The number of halogens is 1. The van der Waals surface area contributed by atoms with E-state index in [0.29, 0.717) is 0 Å². The van der Waals surface area contributed by atoms with Crippen LogP contribution >= 0.6 is 0 Å². The monoisotopic (exact) mass is 129 g/mol. The highest BCUT2D eigenvalue weighted by Crippen LogP contribution is 2.50. The highest BCUT2D eigenvalue weighted by atomic mass is 19.1. The van der Waals surface area contributed by atoms with Gasteiger partial charge >= 0.3 is 0 Å². The van der Waals surface area contributed by atoms with Crippen LogP contribution in [-0.4, -0.2) is 19.8 Å². The maximum Gasteiger partial charge on any atom is 0.0897 e. The quantitative estimate of drug-likeness (QED) is 0.582. The molecule has 0 spiro atoms. The molecule has 0 amide bonds. The van der Waals surface area contributed by atoms with E-state index < -0.39 is 0 Å². The summed E-state index contributed by atoms with van der Waals surface area (Å²) in [5, 5.41) is 3.29. The molecule has 1 N–H and O–H groups in total. The van der Waals surface area contributed by atoms with E-state index in [9.17, 15) is 4.39 Å². The maximum atomic E-state index is 11.8. The van der Waals surface area contributed by atoms with E-state index in [-0.39, 0.29) is 6.67 Å². The van der Waals surface area contributed by atoms with Gasteiger partial charge in [0.15, 0.2) is 0 Å². The summed E-state index contributed by atoms with van der Waals surface area (Å²) in [6, 6.07) is 0. The average Bonchev–Trinajstić information content (AvgIpc) is 2.39. The summed E-state index contributed by atoms with van der Waals surface area (Å²) in [5.74, 6) is 2.44. The van der Waals surface area contributed by atoms with Crippen molar-refractivity contribution in [3.63, 3.8) is 0 Å². The van der Waals surface area contributed by atoms with Crippen LogP contribution in [0.4, 0.5) is 4.39 Å². The molecule has 2 rings (SSSR count). The third-order valence-corrected chi connectivity index (χ3v) is 2.71. The Morgan fingerprint density at radius 2 is 2.00 bits per heavy atom. The summed E-state index contributed by atoms with van der Waals surface area (Å²) in [6.45, 7) is 2.18. The van der Waals surface area contributed by atoms with Crippen molar-refractivity contribution in [2.45, 2.75) is 6.42 Å². The van der Waals surface area contributed by atoms with Crippen LogP contribution in [0, 0.1) is 17.8 Å². The van der Waals surface area contributed by atoms with Crippen LogP contribution < -0.4 is 5.32 Å². The second-order valence-electron chi connectivity index (χ2n) is 3.13. The van der Waals surface area contributed by atoms with Gasteiger partial charge in [-0.1, -0.05) is 0 Å². The highest BCUT2D eigenvalue weighted by molar-refractivity contribution is 5.03. The van der Waals surface area contributed by atoms with Crippen LogP contribution in [0.3, 0.4) is 0 Å². The lowest BCUT2D eigenvalue weighted by atomic mass is 10.2. The van der Waals surface area contributed by atoms with Crippen molar-refractivity contribution >= 4 is 0 Å². The normalized spacial score (nSPS) is 47.0. The van der Waals surface area contributed by atoms with Gasteiger partial charge in [-0.3, -0.25) is 4.39 Å². The Kier molecular flexibility index (Phi) is 1.22. The van der Waals surface area contributed by atoms with E-state index in [2.05, 4.69) is 5.32 Å². The van der Waals surface area contributed by atoms with Gasteiger partial charge in [0.25, 0.3) is 0 Å². The predicted molar refractivity (Wildman–Crippen MR) is 33.9 cm³/mol. The smallest absolute Gasteiger partial charge is 0.0897 e. The van der Waals surface area contributed by atoms with Crippen LogP contribution in [0.1, 0.15) is 6.42 Å². The predicted octanol–water partition coefficient (Wildman–Crippen LogP) is 0.811. The van der Waals surface area contributed by atoms with Crippen molar-refractivity contribution < 1.29 is 4.39 Å². The van der Waals surface area contributed by atoms with Crippen molar-refractivity contribution in [1.29, 1.82) is 0 Å². The summed E-state index contributed by atoms with van der Waals surface area (Å²) >= 11 is 0. The van der Waals surface area contributed by atoms with Crippen LogP contribution in [0.5, 0.6) is 0 Å². The van der Waals surface area contributed by atoms with Crippen LogP contribution in [0.25, 0.3) is 0 Å². The van der Waals surface area contributed by atoms with Gasteiger partial charge in [-0.05, 0) is 37.3 Å². The third kappa shape index (κ3) is 0.767. The third-order valence-electron chi connectivity index (χ3n) is 2.71. The summed E-state index contributed by atoms with van der Waals surface area (Å²) in [7, 11) is 0. The molecule has 3 atom stereocenters.